The maximum atomic E-state index is 11.3. The molecule has 0 aliphatic carbocycles. The Bertz CT molecular complexity index is 901. The second-order valence-corrected chi connectivity index (χ2v) is 9.89. The summed E-state index contributed by atoms with van der Waals surface area (Å²) in [6.07, 6.45) is -27.3. The number of ether oxygens (including phenoxy) is 5. The number of aliphatic carboxylic acids is 1. The maximum Gasteiger partial charge on any atom is 0.397 e. The zero-order valence-electron chi connectivity index (χ0n) is 19.3. The van der Waals surface area contributed by atoms with Crippen LogP contribution in [0.4, 0.5) is 0 Å². The van der Waals surface area contributed by atoms with Crippen molar-refractivity contribution in [1.82, 2.24) is 0 Å². The van der Waals surface area contributed by atoms with Crippen molar-refractivity contribution in [2.45, 2.75) is 106 Å². The summed E-state index contributed by atoms with van der Waals surface area (Å²) < 4.78 is 61.7. The van der Waals surface area contributed by atoms with E-state index in [0.717, 1.165) is 0 Å². The molecule has 216 valence electrons. The zero-order valence-corrected chi connectivity index (χ0v) is 20.1. The fraction of sp³-hybridized carbons (Fsp3) is 0.944. The first-order chi connectivity index (χ1) is 17.0. The van der Waals surface area contributed by atoms with E-state index in [1.165, 1.54) is 13.8 Å². The Kier molecular flexibility index (Phi) is 9.48. The number of carbonyl (C=O) groups is 1. The van der Waals surface area contributed by atoms with Crippen LogP contribution in [0.1, 0.15) is 13.8 Å². The highest BCUT2D eigenvalue weighted by molar-refractivity contribution is 7.80. The normalized spacial score (nSPS) is 49.5. The van der Waals surface area contributed by atoms with Gasteiger partial charge in [0.2, 0.25) is 0 Å². The van der Waals surface area contributed by atoms with Crippen molar-refractivity contribution in [3.05, 3.63) is 0 Å². The van der Waals surface area contributed by atoms with Gasteiger partial charge in [-0.15, -0.1) is 0 Å². The second kappa shape index (κ2) is 11.5. The summed E-state index contributed by atoms with van der Waals surface area (Å²) in [6, 6.07) is 0. The van der Waals surface area contributed by atoms with Crippen molar-refractivity contribution in [3.63, 3.8) is 0 Å². The van der Waals surface area contributed by atoms with Crippen molar-refractivity contribution in [2.24, 2.45) is 0 Å². The molecular formula is C18H30O18S. The minimum absolute atomic E-state index is 1.13. The Hall–Kier alpha value is -1.14. The number of hydrogen-bond acceptors (Lipinski definition) is 16. The number of aliphatic hydroxyl groups excluding tert-OH is 7. The van der Waals surface area contributed by atoms with Crippen molar-refractivity contribution in [2.75, 3.05) is 0 Å². The highest BCUT2D eigenvalue weighted by atomic mass is 32.3. The molecule has 0 amide bonds. The second-order valence-electron chi connectivity index (χ2n) is 8.84. The Morgan fingerprint density at radius 2 is 1.22 bits per heavy atom. The number of carboxylic acids is 1. The first-order valence-corrected chi connectivity index (χ1v) is 12.3. The lowest BCUT2D eigenvalue weighted by Gasteiger charge is -2.47. The SMILES string of the molecule is C[C@@H]1OC(O)[C@@H](O[C@H]2O[C@H](C(=O)O)[C@@H](O)[C@H](O)[C@H]2O)[C@H](O[C@@H]2O[C@@H](C)[C@@H](OS(=O)(=O)O)[C@@H](O)[C@@H]2O)[C@@H]1O. The fourth-order valence-electron chi connectivity index (χ4n) is 4.17. The molecule has 3 aliphatic heterocycles. The molecule has 3 fully saturated rings. The van der Waals surface area contributed by atoms with Gasteiger partial charge in [0, 0.05) is 0 Å². The van der Waals surface area contributed by atoms with Gasteiger partial charge in [-0.2, -0.15) is 8.42 Å². The molecule has 1 unspecified atom stereocenters. The lowest BCUT2D eigenvalue weighted by Crippen LogP contribution is -2.66. The van der Waals surface area contributed by atoms with Gasteiger partial charge in [-0.05, 0) is 13.8 Å². The lowest BCUT2D eigenvalue weighted by atomic mass is 9.96. The van der Waals surface area contributed by atoms with E-state index in [9.17, 15) is 54.1 Å². The molecule has 15 atom stereocenters. The quantitative estimate of drug-likeness (QED) is 0.130. The van der Waals surface area contributed by atoms with Gasteiger partial charge in [-0.1, -0.05) is 0 Å². The summed E-state index contributed by atoms with van der Waals surface area (Å²) in [4.78, 5) is 11.3. The van der Waals surface area contributed by atoms with Gasteiger partial charge < -0.3 is 64.5 Å². The van der Waals surface area contributed by atoms with Crippen LogP contribution in [0.15, 0.2) is 0 Å². The van der Waals surface area contributed by atoms with E-state index in [0.29, 0.717) is 0 Å². The Labute approximate surface area is 209 Å². The summed E-state index contributed by atoms with van der Waals surface area (Å²) in [5.74, 6) is -1.71. The maximum absolute atomic E-state index is 11.3. The summed E-state index contributed by atoms with van der Waals surface area (Å²) >= 11 is 0. The molecule has 9 N–H and O–H groups in total. The van der Waals surface area contributed by atoms with Gasteiger partial charge in [0.15, 0.2) is 25.0 Å². The smallest absolute Gasteiger partial charge is 0.397 e. The topological polar surface area (TPSA) is 289 Å². The molecule has 3 saturated heterocycles. The van der Waals surface area contributed by atoms with Crippen LogP contribution in [-0.2, 0) is 43.1 Å². The van der Waals surface area contributed by atoms with Crippen LogP contribution in [-0.4, -0.2) is 152 Å². The van der Waals surface area contributed by atoms with Crippen molar-refractivity contribution < 1.29 is 86.5 Å². The van der Waals surface area contributed by atoms with E-state index >= 15 is 0 Å². The number of rotatable bonds is 7. The van der Waals surface area contributed by atoms with Crippen molar-refractivity contribution in [3.8, 4) is 0 Å². The molecule has 18 nitrogen and oxygen atoms in total. The zero-order chi connectivity index (χ0) is 28.0. The number of carboxylic acid groups (broad SMARTS) is 1. The molecule has 3 rings (SSSR count). The van der Waals surface area contributed by atoms with Crippen LogP contribution in [0.25, 0.3) is 0 Å². The van der Waals surface area contributed by atoms with E-state index in [1.54, 1.807) is 0 Å². The molecule has 0 bridgehead atoms. The standard InChI is InChI=1S/C18H30O18S/c1-3-5(19)12(33-17-10(24)8(22)11(4(2)32-17)36-37(28,29)30)14(16(27)31-3)35-18-9(23)6(20)7(21)13(34-18)15(25)26/h3-14,16-24,27H,1-2H3,(H,25,26)(H,28,29,30)/t3-,4-,5+,6-,7-,8-,9+,10-,11+,12+,13-,14-,16?,17-,18+/m0/s1. The highest BCUT2D eigenvalue weighted by Gasteiger charge is 2.54. The minimum atomic E-state index is -5.05. The van der Waals surface area contributed by atoms with Crippen LogP contribution in [0.5, 0.6) is 0 Å². The molecule has 0 aromatic carbocycles. The van der Waals surface area contributed by atoms with Gasteiger partial charge in [0.25, 0.3) is 0 Å². The third-order valence-corrected chi connectivity index (χ3v) is 6.65. The summed E-state index contributed by atoms with van der Waals surface area (Å²) in [5.41, 5.74) is 0. The molecule has 3 heterocycles. The van der Waals surface area contributed by atoms with Gasteiger partial charge in [0.1, 0.15) is 54.9 Å². The lowest BCUT2D eigenvalue weighted by molar-refractivity contribution is -0.381. The molecule has 3 aliphatic rings. The predicted octanol–water partition coefficient (Wildman–Crippen LogP) is -5.60. The monoisotopic (exact) mass is 566 g/mol. The first-order valence-electron chi connectivity index (χ1n) is 11.0. The van der Waals surface area contributed by atoms with Gasteiger partial charge in [-0.3, -0.25) is 4.55 Å². The molecule has 19 heteroatoms. The van der Waals surface area contributed by atoms with Crippen LogP contribution in [0.2, 0.25) is 0 Å². The average Bonchev–Trinajstić information content (AvgIpc) is 2.79. The summed E-state index contributed by atoms with van der Waals surface area (Å²) in [7, 11) is -5.05. The van der Waals surface area contributed by atoms with Crippen LogP contribution >= 0.6 is 0 Å². The summed E-state index contributed by atoms with van der Waals surface area (Å²) in [6.45, 7) is 2.52. The molecule has 0 spiro atoms. The van der Waals surface area contributed by atoms with E-state index < -0.39 is 108 Å². The number of hydrogen-bond donors (Lipinski definition) is 9. The van der Waals surface area contributed by atoms with Crippen LogP contribution in [0.3, 0.4) is 0 Å². The summed E-state index contributed by atoms with van der Waals surface area (Å²) in [5, 5.41) is 81.0. The Morgan fingerprint density at radius 3 is 1.78 bits per heavy atom. The third-order valence-electron chi connectivity index (χ3n) is 6.18. The van der Waals surface area contributed by atoms with Crippen LogP contribution in [0, 0.1) is 0 Å². The minimum Gasteiger partial charge on any atom is -0.479 e. The predicted molar refractivity (Wildman–Crippen MR) is 109 cm³/mol. The molecule has 0 aromatic rings. The molecule has 0 aromatic heterocycles. The molecular weight excluding hydrogens is 536 g/mol. The largest absolute Gasteiger partial charge is 0.479 e. The molecule has 0 saturated carbocycles. The van der Waals surface area contributed by atoms with Gasteiger partial charge in [-0.25, -0.2) is 8.98 Å². The van der Waals surface area contributed by atoms with Crippen molar-refractivity contribution in [1.29, 1.82) is 0 Å². The third kappa shape index (κ3) is 6.54. The number of aliphatic hydroxyl groups is 7. The highest BCUT2D eigenvalue weighted by Crippen LogP contribution is 2.33. The van der Waals surface area contributed by atoms with Gasteiger partial charge >= 0.3 is 16.4 Å². The van der Waals surface area contributed by atoms with Gasteiger partial charge in [0.05, 0.1) is 12.2 Å². The van der Waals surface area contributed by atoms with Crippen LogP contribution < -0.4 is 0 Å². The van der Waals surface area contributed by atoms with Crippen molar-refractivity contribution >= 4 is 16.4 Å². The Balaban J connectivity index is 1.81. The molecule has 0 radical (unpaired) electrons. The first kappa shape index (κ1) is 30.4. The van der Waals surface area contributed by atoms with E-state index in [2.05, 4.69) is 4.18 Å². The fourth-order valence-corrected chi connectivity index (χ4v) is 4.72. The molecule has 37 heavy (non-hydrogen) atoms. The average molecular weight is 566 g/mol. The van der Waals surface area contributed by atoms with E-state index in [1.807, 2.05) is 0 Å². The Morgan fingerprint density at radius 1 is 0.676 bits per heavy atom. The van der Waals surface area contributed by atoms with E-state index in [-0.39, 0.29) is 0 Å². The van der Waals surface area contributed by atoms with E-state index in [4.69, 9.17) is 28.2 Å².